The van der Waals surface area contributed by atoms with Gasteiger partial charge in [0.05, 0.1) is 0 Å². The van der Waals surface area contributed by atoms with Crippen LogP contribution in [0.3, 0.4) is 0 Å². The maximum Gasteiger partial charge on any atom is 0.123 e. The summed E-state index contributed by atoms with van der Waals surface area (Å²) in [6.07, 6.45) is 3.44. The summed E-state index contributed by atoms with van der Waals surface area (Å²) in [7, 11) is 0. The van der Waals surface area contributed by atoms with Crippen LogP contribution in [0.2, 0.25) is 0 Å². The van der Waals surface area contributed by atoms with E-state index >= 15 is 0 Å². The second-order valence-electron chi connectivity index (χ2n) is 3.94. The molecular formula is C10H18O. The van der Waals surface area contributed by atoms with Crippen LogP contribution in [0.15, 0.2) is 0 Å². The van der Waals surface area contributed by atoms with Crippen LogP contribution in [0.25, 0.3) is 0 Å². The lowest BCUT2D eigenvalue weighted by Crippen LogP contribution is -2.13. The highest BCUT2D eigenvalue weighted by atomic mass is 16.1. The van der Waals surface area contributed by atoms with E-state index in [1.165, 1.54) is 0 Å². The van der Waals surface area contributed by atoms with Gasteiger partial charge in [-0.1, -0.05) is 27.2 Å². The molecule has 1 aliphatic carbocycles. The number of carbonyl (C=O) groups excluding carboxylic acids is 1. The van der Waals surface area contributed by atoms with Crippen LogP contribution in [0, 0.1) is 23.7 Å². The molecule has 1 heteroatoms. The molecule has 0 heterocycles. The van der Waals surface area contributed by atoms with Gasteiger partial charge in [-0.2, -0.15) is 0 Å². The molecule has 0 bridgehead atoms. The quantitative estimate of drug-likeness (QED) is 0.558. The summed E-state index contributed by atoms with van der Waals surface area (Å²) in [4.78, 5) is 10.7. The molecule has 1 aliphatic rings. The van der Waals surface area contributed by atoms with Gasteiger partial charge in [-0.05, 0) is 24.2 Å². The average Bonchev–Trinajstić information content (AvgIpc) is 2.28. The molecule has 64 valence electrons. The Balaban J connectivity index is 2.64. The maximum atomic E-state index is 10.7. The van der Waals surface area contributed by atoms with Crippen molar-refractivity contribution < 1.29 is 4.79 Å². The fourth-order valence-electron chi connectivity index (χ4n) is 2.46. The van der Waals surface area contributed by atoms with E-state index in [0.29, 0.717) is 11.8 Å². The third kappa shape index (κ3) is 1.47. The average molecular weight is 154 g/mol. The summed E-state index contributed by atoms with van der Waals surface area (Å²) >= 11 is 0. The van der Waals surface area contributed by atoms with Gasteiger partial charge in [0.15, 0.2) is 0 Å². The van der Waals surface area contributed by atoms with Gasteiger partial charge in [0.1, 0.15) is 6.29 Å². The molecular weight excluding hydrogens is 136 g/mol. The molecule has 0 N–H and O–H groups in total. The smallest absolute Gasteiger partial charge is 0.123 e. The normalized spacial score (nSPS) is 44.3. The summed E-state index contributed by atoms with van der Waals surface area (Å²) in [5.41, 5.74) is 0. The molecule has 3 unspecified atom stereocenters. The van der Waals surface area contributed by atoms with E-state index in [1.54, 1.807) is 0 Å². The van der Waals surface area contributed by atoms with Crippen LogP contribution >= 0.6 is 0 Å². The van der Waals surface area contributed by atoms with Crippen LogP contribution in [-0.4, -0.2) is 6.29 Å². The van der Waals surface area contributed by atoms with Crippen molar-refractivity contribution in [2.75, 3.05) is 0 Å². The summed E-state index contributed by atoms with van der Waals surface area (Å²) < 4.78 is 0. The monoisotopic (exact) mass is 154 g/mol. The Morgan fingerprint density at radius 2 is 2.09 bits per heavy atom. The lowest BCUT2D eigenvalue weighted by Gasteiger charge is -2.17. The van der Waals surface area contributed by atoms with E-state index in [9.17, 15) is 4.79 Å². The van der Waals surface area contributed by atoms with E-state index in [-0.39, 0.29) is 0 Å². The highest BCUT2D eigenvalue weighted by Crippen LogP contribution is 2.41. The first-order valence-electron chi connectivity index (χ1n) is 4.66. The van der Waals surface area contributed by atoms with E-state index in [0.717, 1.165) is 31.0 Å². The molecule has 1 rings (SSSR count). The van der Waals surface area contributed by atoms with Gasteiger partial charge in [0.25, 0.3) is 0 Å². The van der Waals surface area contributed by atoms with Gasteiger partial charge in [-0.3, -0.25) is 0 Å². The lowest BCUT2D eigenvalue weighted by atomic mass is 9.87. The molecule has 0 aromatic carbocycles. The minimum absolute atomic E-state index is 0.352. The Labute approximate surface area is 69.2 Å². The van der Waals surface area contributed by atoms with Crippen LogP contribution < -0.4 is 0 Å². The van der Waals surface area contributed by atoms with Crippen molar-refractivity contribution in [3.8, 4) is 0 Å². The minimum atomic E-state index is 0.352. The SMILES string of the molecule is CCC1C(C=O)CC(C)[C@@H]1C. The van der Waals surface area contributed by atoms with E-state index < -0.39 is 0 Å². The van der Waals surface area contributed by atoms with Crippen molar-refractivity contribution in [1.29, 1.82) is 0 Å². The zero-order valence-electron chi connectivity index (χ0n) is 7.71. The molecule has 11 heavy (non-hydrogen) atoms. The summed E-state index contributed by atoms with van der Waals surface area (Å²) in [5, 5.41) is 0. The van der Waals surface area contributed by atoms with Crippen molar-refractivity contribution >= 4 is 6.29 Å². The molecule has 0 aromatic heterocycles. The first-order chi connectivity index (χ1) is 5.20. The largest absolute Gasteiger partial charge is 0.303 e. The van der Waals surface area contributed by atoms with Gasteiger partial charge >= 0.3 is 0 Å². The van der Waals surface area contributed by atoms with Crippen LogP contribution in [0.1, 0.15) is 33.6 Å². The lowest BCUT2D eigenvalue weighted by molar-refractivity contribution is -0.112. The molecule has 1 nitrogen and oxygen atoms in total. The van der Waals surface area contributed by atoms with Gasteiger partial charge in [0.2, 0.25) is 0 Å². The van der Waals surface area contributed by atoms with Crippen molar-refractivity contribution in [3.63, 3.8) is 0 Å². The molecule has 0 amide bonds. The Bertz CT molecular complexity index is 142. The number of hydrogen-bond acceptors (Lipinski definition) is 1. The Kier molecular flexibility index (Phi) is 2.69. The summed E-state index contributed by atoms with van der Waals surface area (Å²) in [5.74, 6) is 2.50. The van der Waals surface area contributed by atoms with Crippen molar-refractivity contribution in [3.05, 3.63) is 0 Å². The van der Waals surface area contributed by atoms with Gasteiger partial charge in [-0.25, -0.2) is 0 Å². The molecule has 0 aromatic rings. The number of aldehydes is 1. The Morgan fingerprint density at radius 3 is 2.45 bits per heavy atom. The van der Waals surface area contributed by atoms with Crippen molar-refractivity contribution in [1.82, 2.24) is 0 Å². The molecule has 0 saturated heterocycles. The topological polar surface area (TPSA) is 17.1 Å². The standard InChI is InChI=1S/C10H18O/c1-4-10-8(3)7(2)5-9(10)6-11/h6-10H,4-5H2,1-3H3/t7?,8-,9?,10?/m0/s1. The third-order valence-corrected chi connectivity index (χ3v) is 3.41. The third-order valence-electron chi connectivity index (χ3n) is 3.41. The summed E-state index contributed by atoms with van der Waals surface area (Å²) in [6.45, 7) is 6.73. The summed E-state index contributed by atoms with van der Waals surface area (Å²) in [6, 6.07) is 0. The van der Waals surface area contributed by atoms with E-state index in [1.807, 2.05) is 0 Å². The van der Waals surface area contributed by atoms with Gasteiger partial charge < -0.3 is 4.79 Å². The van der Waals surface area contributed by atoms with E-state index in [4.69, 9.17) is 0 Å². The fraction of sp³-hybridized carbons (Fsp3) is 0.900. The zero-order chi connectivity index (χ0) is 8.43. The molecule has 0 aliphatic heterocycles. The van der Waals surface area contributed by atoms with Gasteiger partial charge in [0, 0.05) is 5.92 Å². The zero-order valence-corrected chi connectivity index (χ0v) is 7.71. The molecule has 0 spiro atoms. The fourth-order valence-corrected chi connectivity index (χ4v) is 2.46. The first kappa shape index (κ1) is 8.76. The second-order valence-corrected chi connectivity index (χ2v) is 3.94. The predicted molar refractivity (Wildman–Crippen MR) is 46.3 cm³/mol. The van der Waals surface area contributed by atoms with E-state index in [2.05, 4.69) is 20.8 Å². The second kappa shape index (κ2) is 3.38. The Morgan fingerprint density at radius 1 is 1.45 bits per heavy atom. The Hall–Kier alpha value is -0.330. The molecule has 0 radical (unpaired) electrons. The van der Waals surface area contributed by atoms with Crippen molar-refractivity contribution in [2.24, 2.45) is 23.7 Å². The van der Waals surface area contributed by atoms with Gasteiger partial charge in [-0.15, -0.1) is 0 Å². The minimum Gasteiger partial charge on any atom is -0.303 e. The molecule has 1 fully saturated rings. The highest BCUT2D eigenvalue weighted by Gasteiger charge is 2.36. The number of rotatable bonds is 2. The highest BCUT2D eigenvalue weighted by molar-refractivity contribution is 5.54. The van der Waals surface area contributed by atoms with Crippen molar-refractivity contribution in [2.45, 2.75) is 33.6 Å². The van der Waals surface area contributed by atoms with Crippen LogP contribution in [-0.2, 0) is 4.79 Å². The van der Waals surface area contributed by atoms with Crippen LogP contribution in [0.4, 0.5) is 0 Å². The first-order valence-corrected chi connectivity index (χ1v) is 4.66. The maximum absolute atomic E-state index is 10.7. The predicted octanol–water partition coefficient (Wildman–Crippen LogP) is 2.50. The van der Waals surface area contributed by atoms with Crippen LogP contribution in [0.5, 0.6) is 0 Å². The number of carbonyl (C=O) groups is 1. The number of hydrogen-bond donors (Lipinski definition) is 0. The molecule has 1 saturated carbocycles. The molecule has 4 atom stereocenters.